The van der Waals surface area contributed by atoms with E-state index in [1.807, 2.05) is 24.5 Å². The lowest BCUT2D eigenvalue weighted by atomic mass is 10.1. The van der Waals surface area contributed by atoms with Crippen molar-refractivity contribution in [3.63, 3.8) is 0 Å². The lowest BCUT2D eigenvalue weighted by Crippen LogP contribution is -2.49. The number of rotatable bonds is 4. The number of hydrogen-bond acceptors (Lipinski definition) is 3. The zero-order valence-electron chi connectivity index (χ0n) is 13.9. The molecule has 2 heterocycles. The normalized spacial score (nSPS) is 15.4. The summed E-state index contributed by atoms with van der Waals surface area (Å²) >= 11 is 0. The van der Waals surface area contributed by atoms with Gasteiger partial charge in [0.25, 0.3) is 5.91 Å². The number of piperazine rings is 1. The molecule has 1 atom stereocenters. The van der Waals surface area contributed by atoms with Gasteiger partial charge in [-0.1, -0.05) is 6.07 Å². The van der Waals surface area contributed by atoms with Gasteiger partial charge in [0.15, 0.2) is 0 Å². The Balaban J connectivity index is 1.70. The molecule has 25 heavy (non-hydrogen) atoms. The Bertz CT molecular complexity index is 785. The summed E-state index contributed by atoms with van der Waals surface area (Å²) < 4.78 is 1.80. The van der Waals surface area contributed by atoms with Crippen LogP contribution in [0.3, 0.4) is 0 Å². The number of nitrogens with one attached hydrogen (secondary N) is 2. The molecule has 3 rings (SSSR count). The van der Waals surface area contributed by atoms with Crippen LogP contribution >= 0.6 is 0 Å². The summed E-state index contributed by atoms with van der Waals surface area (Å²) in [5, 5.41) is 5.52. The van der Waals surface area contributed by atoms with Gasteiger partial charge in [-0.25, -0.2) is 0 Å². The third kappa shape index (κ3) is 3.88. The summed E-state index contributed by atoms with van der Waals surface area (Å²) in [7, 11) is 0. The van der Waals surface area contributed by atoms with Gasteiger partial charge in [-0.2, -0.15) is 0 Å². The number of carbonyl (C=O) groups is 3. The zero-order valence-corrected chi connectivity index (χ0v) is 13.9. The van der Waals surface area contributed by atoms with E-state index in [0.717, 1.165) is 0 Å². The molecule has 2 aromatic rings. The minimum absolute atomic E-state index is 0.0556. The molecule has 3 amide bonds. The van der Waals surface area contributed by atoms with E-state index in [-0.39, 0.29) is 30.3 Å². The Morgan fingerprint density at radius 1 is 1.20 bits per heavy atom. The monoisotopic (exact) mass is 340 g/mol. The predicted molar refractivity (Wildman–Crippen MR) is 93.1 cm³/mol. The van der Waals surface area contributed by atoms with Crippen LogP contribution in [0.15, 0.2) is 48.8 Å². The third-order valence-electron chi connectivity index (χ3n) is 4.16. The second-order valence-corrected chi connectivity index (χ2v) is 5.95. The van der Waals surface area contributed by atoms with Crippen molar-refractivity contribution in [1.29, 1.82) is 0 Å². The number of nitrogens with zero attached hydrogens (tertiary/aromatic N) is 2. The Kier molecular flexibility index (Phi) is 4.83. The first kappa shape index (κ1) is 16.8. The summed E-state index contributed by atoms with van der Waals surface area (Å²) in [6.45, 7) is 2.79. The van der Waals surface area contributed by atoms with Crippen LogP contribution in [0.5, 0.6) is 0 Å². The number of benzene rings is 1. The molecule has 0 saturated carbocycles. The second-order valence-electron chi connectivity index (χ2n) is 5.95. The quantitative estimate of drug-likeness (QED) is 0.879. The van der Waals surface area contributed by atoms with E-state index in [1.165, 1.54) is 4.90 Å². The van der Waals surface area contributed by atoms with Crippen molar-refractivity contribution in [2.75, 3.05) is 25.0 Å². The molecular formula is C18H20N4O3. The van der Waals surface area contributed by atoms with E-state index in [0.29, 0.717) is 24.3 Å². The average molecular weight is 340 g/mol. The van der Waals surface area contributed by atoms with E-state index in [9.17, 15) is 14.4 Å². The fourth-order valence-corrected chi connectivity index (χ4v) is 2.71. The number of aromatic nitrogens is 1. The van der Waals surface area contributed by atoms with Gasteiger partial charge < -0.3 is 20.1 Å². The van der Waals surface area contributed by atoms with Crippen LogP contribution in [-0.2, 0) is 9.59 Å². The highest BCUT2D eigenvalue weighted by Gasteiger charge is 2.22. The minimum atomic E-state index is -0.361. The van der Waals surface area contributed by atoms with Gasteiger partial charge >= 0.3 is 0 Å². The Hall–Kier alpha value is -3.09. The molecule has 0 radical (unpaired) electrons. The Morgan fingerprint density at radius 2 is 1.96 bits per heavy atom. The maximum atomic E-state index is 12.5. The summed E-state index contributed by atoms with van der Waals surface area (Å²) in [5.74, 6) is -0.549. The zero-order chi connectivity index (χ0) is 17.8. The molecule has 1 fully saturated rings. The van der Waals surface area contributed by atoms with Gasteiger partial charge in [0.2, 0.25) is 11.8 Å². The smallest absolute Gasteiger partial charge is 0.254 e. The van der Waals surface area contributed by atoms with Gasteiger partial charge in [0.05, 0.1) is 6.54 Å². The van der Waals surface area contributed by atoms with Crippen LogP contribution in [0.1, 0.15) is 23.3 Å². The third-order valence-corrected chi connectivity index (χ3v) is 4.16. The van der Waals surface area contributed by atoms with Crippen molar-refractivity contribution < 1.29 is 14.4 Å². The molecule has 0 spiro atoms. The van der Waals surface area contributed by atoms with Crippen LogP contribution in [0.4, 0.5) is 5.69 Å². The topological polar surface area (TPSA) is 83.4 Å². The van der Waals surface area contributed by atoms with Gasteiger partial charge in [0, 0.05) is 36.7 Å². The maximum absolute atomic E-state index is 12.5. The van der Waals surface area contributed by atoms with Gasteiger partial charge in [0.1, 0.15) is 6.04 Å². The lowest BCUT2D eigenvalue weighted by molar-refractivity contribution is -0.123. The maximum Gasteiger partial charge on any atom is 0.254 e. The van der Waals surface area contributed by atoms with Crippen molar-refractivity contribution in [3.8, 4) is 0 Å². The SMILES string of the molecule is C[C@H](C(=O)Nc1cccc(C(=O)N2CCNC(=O)C2)c1)n1cccc1. The summed E-state index contributed by atoms with van der Waals surface area (Å²) in [5.41, 5.74) is 0.998. The van der Waals surface area contributed by atoms with Crippen LogP contribution in [0.25, 0.3) is 0 Å². The molecular weight excluding hydrogens is 320 g/mol. The minimum Gasteiger partial charge on any atom is -0.353 e. The number of anilines is 1. The van der Waals surface area contributed by atoms with Gasteiger partial charge in [-0.05, 0) is 37.3 Å². The highest BCUT2D eigenvalue weighted by atomic mass is 16.2. The average Bonchev–Trinajstić information content (AvgIpc) is 3.15. The van der Waals surface area contributed by atoms with Crippen LogP contribution in [-0.4, -0.2) is 46.8 Å². The summed E-state index contributed by atoms with van der Waals surface area (Å²) in [6.07, 6.45) is 3.65. The van der Waals surface area contributed by atoms with E-state index in [2.05, 4.69) is 10.6 Å². The molecule has 1 aliphatic heterocycles. The molecule has 1 aromatic heterocycles. The van der Waals surface area contributed by atoms with Crippen LogP contribution < -0.4 is 10.6 Å². The largest absolute Gasteiger partial charge is 0.353 e. The Labute approximate surface area is 145 Å². The van der Waals surface area contributed by atoms with E-state index >= 15 is 0 Å². The van der Waals surface area contributed by atoms with Gasteiger partial charge in [-0.15, -0.1) is 0 Å². The lowest BCUT2D eigenvalue weighted by Gasteiger charge is -2.26. The van der Waals surface area contributed by atoms with Crippen LogP contribution in [0, 0.1) is 0 Å². The number of hydrogen-bond donors (Lipinski definition) is 2. The fourth-order valence-electron chi connectivity index (χ4n) is 2.71. The molecule has 130 valence electrons. The van der Waals surface area contributed by atoms with Crippen molar-refractivity contribution in [2.45, 2.75) is 13.0 Å². The standard InChI is InChI=1S/C18H20N4O3/c1-13(21-8-2-3-9-21)17(24)20-15-6-4-5-14(11-15)18(25)22-10-7-19-16(23)12-22/h2-6,8-9,11,13H,7,10,12H2,1H3,(H,19,23)(H,20,24)/t13-/m1/s1. The predicted octanol–water partition coefficient (Wildman–Crippen LogP) is 1.26. The van der Waals surface area contributed by atoms with Crippen molar-refractivity contribution >= 4 is 23.4 Å². The molecule has 2 N–H and O–H groups in total. The van der Waals surface area contributed by atoms with Crippen LogP contribution in [0.2, 0.25) is 0 Å². The van der Waals surface area contributed by atoms with E-state index in [1.54, 1.807) is 35.8 Å². The Morgan fingerprint density at radius 3 is 2.68 bits per heavy atom. The molecule has 1 saturated heterocycles. The first-order chi connectivity index (χ1) is 12.0. The molecule has 1 aromatic carbocycles. The first-order valence-electron chi connectivity index (χ1n) is 8.14. The van der Waals surface area contributed by atoms with Crippen molar-refractivity contribution in [1.82, 2.24) is 14.8 Å². The molecule has 7 heteroatoms. The number of amides is 3. The fraction of sp³-hybridized carbons (Fsp3) is 0.278. The number of carbonyl (C=O) groups excluding carboxylic acids is 3. The summed E-state index contributed by atoms with van der Waals surface area (Å²) in [6, 6.07) is 10.1. The van der Waals surface area contributed by atoms with Gasteiger partial charge in [-0.3, -0.25) is 14.4 Å². The molecule has 0 unspecified atom stereocenters. The van der Waals surface area contributed by atoms with E-state index < -0.39 is 0 Å². The molecule has 0 aliphatic carbocycles. The van der Waals surface area contributed by atoms with Crippen molar-refractivity contribution in [2.24, 2.45) is 0 Å². The molecule has 1 aliphatic rings. The molecule has 7 nitrogen and oxygen atoms in total. The summed E-state index contributed by atoms with van der Waals surface area (Å²) in [4.78, 5) is 37.8. The molecule has 0 bridgehead atoms. The van der Waals surface area contributed by atoms with Crippen molar-refractivity contribution in [3.05, 3.63) is 54.4 Å². The highest BCUT2D eigenvalue weighted by molar-refractivity contribution is 5.99. The highest BCUT2D eigenvalue weighted by Crippen LogP contribution is 2.16. The van der Waals surface area contributed by atoms with E-state index in [4.69, 9.17) is 0 Å². The first-order valence-corrected chi connectivity index (χ1v) is 8.14. The second kappa shape index (κ2) is 7.21.